The van der Waals surface area contributed by atoms with Crippen LogP contribution in [0.25, 0.3) is 5.78 Å². The van der Waals surface area contributed by atoms with E-state index in [9.17, 15) is 21.6 Å². The fraction of sp³-hybridized carbons (Fsp3) is 0.333. The molecule has 0 fully saturated rings. The molecule has 156 valence electrons. The molecule has 0 radical (unpaired) electrons. The third-order valence-electron chi connectivity index (χ3n) is 3.72. The molecular formula is C15H14F3N5O5S. The van der Waals surface area contributed by atoms with Crippen molar-refractivity contribution in [2.75, 3.05) is 21.3 Å². The first-order chi connectivity index (χ1) is 13.6. The van der Waals surface area contributed by atoms with E-state index in [-0.39, 0.29) is 23.4 Å². The summed E-state index contributed by atoms with van der Waals surface area (Å²) < 4.78 is 81.7. The summed E-state index contributed by atoms with van der Waals surface area (Å²) in [6.45, 7) is 0. The number of methoxy groups -OCH3 is 3. The molecule has 0 aromatic carbocycles. The Hall–Kier alpha value is -3.16. The first kappa shape index (κ1) is 20.6. The molecule has 0 aliphatic rings. The summed E-state index contributed by atoms with van der Waals surface area (Å²) in [6.07, 6.45) is -4.13. The van der Waals surface area contributed by atoms with Crippen LogP contribution in [-0.4, -0.2) is 54.3 Å². The summed E-state index contributed by atoms with van der Waals surface area (Å²) in [4.78, 5) is 10.4. The molecule has 14 heteroatoms. The fourth-order valence-electron chi connectivity index (χ4n) is 2.51. The Morgan fingerprint density at radius 1 is 1.10 bits per heavy atom. The molecule has 0 saturated heterocycles. The topological polar surface area (TPSA) is 118 Å². The third kappa shape index (κ3) is 3.87. The minimum Gasteiger partial charge on any atom is -0.481 e. The van der Waals surface area contributed by atoms with E-state index in [1.807, 2.05) is 0 Å². The molecule has 0 N–H and O–H groups in total. The van der Waals surface area contributed by atoms with E-state index in [2.05, 4.69) is 20.1 Å². The van der Waals surface area contributed by atoms with E-state index >= 15 is 0 Å². The maximum Gasteiger partial charge on any atom is 0.417 e. The van der Waals surface area contributed by atoms with Crippen molar-refractivity contribution in [1.82, 2.24) is 24.6 Å². The van der Waals surface area contributed by atoms with Crippen LogP contribution in [0, 0.1) is 0 Å². The highest BCUT2D eigenvalue weighted by molar-refractivity contribution is 7.90. The van der Waals surface area contributed by atoms with Gasteiger partial charge in [-0.2, -0.15) is 27.7 Å². The van der Waals surface area contributed by atoms with Gasteiger partial charge in [0.15, 0.2) is 15.7 Å². The van der Waals surface area contributed by atoms with Crippen LogP contribution in [0.15, 0.2) is 23.2 Å². The van der Waals surface area contributed by atoms with Gasteiger partial charge in [0.2, 0.25) is 17.6 Å². The summed E-state index contributed by atoms with van der Waals surface area (Å²) in [5.74, 6) is -1.72. The lowest BCUT2D eigenvalue weighted by Gasteiger charge is -2.14. The van der Waals surface area contributed by atoms with Crippen LogP contribution in [-0.2, 0) is 21.8 Å². The Bertz CT molecular complexity index is 1160. The molecule has 3 aromatic rings. The Kier molecular flexibility index (Phi) is 5.21. The molecule has 3 heterocycles. The van der Waals surface area contributed by atoms with Crippen LogP contribution in [0.5, 0.6) is 17.6 Å². The van der Waals surface area contributed by atoms with Crippen molar-refractivity contribution in [1.29, 1.82) is 0 Å². The van der Waals surface area contributed by atoms with Crippen LogP contribution in [0.4, 0.5) is 13.2 Å². The first-order valence-electron chi connectivity index (χ1n) is 7.78. The standard InChI is InChI=1S/C15H14F3N5O5S/c1-26-10-6-11(27-2)23-14(21-10)20-9(22-23)7-29(24,25)12-8(15(16,17)18)4-5-19-13(12)28-3/h4-6H,7H2,1-3H3. The van der Waals surface area contributed by atoms with Crippen LogP contribution in [0.2, 0.25) is 0 Å². The third-order valence-corrected chi connectivity index (χ3v) is 5.37. The highest BCUT2D eigenvalue weighted by atomic mass is 32.2. The van der Waals surface area contributed by atoms with Gasteiger partial charge in [-0.3, -0.25) is 0 Å². The lowest BCUT2D eigenvalue weighted by Crippen LogP contribution is -2.17. The molecule has 0 saturated carbocycles. The minimum atomic E-state index is -4.94. The second-order valence-corrected chi connectivity index (χ2v) is 7.46. The highest BCUT2D eigenvalue weighted by Crippen LogP contribution is 2.38. The SMILES string of the molecule is COc1cc(OC)n2nc(CS(=O)(=O)c3c(C(F)(F)F)ccnc3OC)nc2n1. The lowest BCUT2D eigenvalue weighted by atomic mass is 10.2. The molecule has 10 nitrogen and oxygen atoms in total. The Morgan fingerprint density at radius 3 is 2.41 bits per heavy atom. The second-order valence-electron chi connectivity index (χ2n) is 5.53. The quantitative estimate of drug-likeness (QED) is 0.570. The number of sulfone groups is 1. The van der Waals surface area contributed by atoms with E-state index in [1.165, 1.54) is 20.3 Å². The van der Waals surface area contributed by atoms with Gasteiger partial charge in [-0.15, -0.1) is 5.10 Å². The zero-order valence-electron chi connectivity index (χ0n) is 15.3. The summed E-state index contributed by atoms with van der Waals surface area (Å²) in [6, 6.07) is 1.94. The number of alkyl halides is 3. The van der Waals surface area contributed by atoms with Crippen molar-refractivity contribution in [2.24, 2.45) is 0 Å². The van der Waals surface area contributed by atoms with Crippen molar-refractivity contribution in [3.05, 3.63) is 29.7 Å². The summed E-state index contributed by atoms with van der Waals surface area (Å²) in [5, 5.41) is 3.96. The van der Waals surface area contributed by atoms with Crippen LogP contribution in [0.3, 0.4) is 0 Å². The number of halogens is 3. The molecule has 3 rings (SSSR count). The number of rotatable bonds is 6. The van der Waals surface area contributed by atoms with Crippen molar-refractivity contribution in [2.45, 2.75) is 16.8 Å². The smallest absolute Gasteiger partial charge is 0.417 e. The summed E-state index contributed by atoms with van der Waals surface area (Å²) in [7, 11) is -0.889. The molecule has 0 aliphatic heterocycles. The van der Waals surface area contributed by atoms with Crippen molar-refractivity contribution >= 4 is 15.6 Å². The molecule has 0 amide bonds. The molecule has 0 atom stereocenters. The van der Waals surface area contributed by atoms with Crippen LogP contribution in [0.1, 0.15) is 11.4 Å². The van der Waals surface area contributed by atoms with Gasteiger partial charge >= 0.3 is 6.18 Å². The van der Waals surface area contributed by atoms with Gasteiger partial charge in [-0.25, -0.2) is 13.4 Å². The number of hydrogen-bond donors (Lipinski definition) is 0. The molecule has 0 spiro atoms. The van der Waals surface area contributed by atoms with Gasteiger partial charge in [-0.05, 0) is 6.07 Å². The molecular weight excluding hydrogens is 419 g/mol. The number of pyridine rings is 1. The second kappa shape index (κ2) is 7.35. The normalized spacial score (nSPS) is 12.2. The maximum absolute atomic E-state index is 13.4. The zero-order valence-corrected chi connectivity index (χ0v) is 16.1. The largest absolute Gasteiger partial charge is 0.481 e. The molecule has 0 aliphatic carbocycles. The fourth-order valence-corrected chi connectivity index (χ4v) is 4.04. The van der Waals surface area contributed by atoms with Gasteiger partial charge in [0.05, 0.1) is 33.0 Å². The molecule has 0 unspecified atom stereocenters. The van der Waals surface area contributed by atoms with Crippen molar-refractivity contribution in [3.8, 4) is 17.6 Å². The maximum atomic E-state index is 13.4. The number of hydrogen-bond acceptors (Lipinski definition) is 9. The van der Waals surface area contributed by atoms with Gasteiger partial charge < -0.3 is 14.2 Å². The van der Waals surface area contributed by atoms with Gasteiger partial charge in [0.1, 0.15) is 10.6 Å². The van der Waals surface area contributed by atoms with Gasteiger partial charge in [0.25, 0.3) is 5.78 Å². The van der Waals surface area contributed by atoms with Crippen LogP contribution >= 0.6 is 0 Å². The van der Waals surface area contributed by atoms with E-state index in [4.69, 9.17) is 14.2 Å². The molecule has 29 heavy (non-hydrogen) atoms. The van der Waals surface area contributed by atoms with E-state index in [0.29, 0.717) is 6.07 Å². The lowest BCUT2D eigenvalue weighted by molar-refractivity contribution is -0.140. The number of fused-ring (bicyclic) bond motifs is 1. The highest BCUT2D eigenvalue weighted by Gasteiger charge is 2.40. The Morgan fingerprint density at radius 2 is 1.83 bits per heavy atom. The Labute approximate surface area is 162 Å². The first-order valence-corrected chi connectivity index (χ1v) is 9.43. The summed E-state index contributed by atoms with van der Waals surface area (Å²) in [5.41, 5.74) is -1.40. The minimum absolute atomic E-state index is 0.0550. The van der Waals surface area contributed by atoms with Crippen molar-refractivity contribution < 1.29 is 35.8 Å². The molecule has 3 aromatic heterocycles. The van der Waals surface area contributed by atoms with Crippen LogP contribution < -0.4 is 14.2 Å². The van der Waals surface area contributed by atoms with Crippen molar-refractivity contribution in [3.63, 3.8) is 0 Å². The monoisotopic (exact) mass is 433 g/mol. The predicted octanol–water partition coefficient (Wildman–Crippen LogP) is 1.54. The average Bonchev–Trinajstić information content (AvgIpc) is 3.07. The number of aromatic nitrogens is 5. The van der Waals surface area contributed by atoms with E-state index < -0.39 is 38.1 Å². The van der Waals surface area contributed by atoms with E-state index in [1.54, 1.807) is 0 Å². The zero-order chi connectivity index (χ0) is 21.4. The summed E-state index contributed by atoms with van der Waals surface area (Å²) >= 11 is 0. The number of ether oxygens (including phenoxy) is 3. The molecule has 0 bridgehead atoms. The van der Waals surface area contributed by atoms with Gasteiger partial charge in [-0.1, -0.05) is 0 Å². The predicted molar refractivity (Wildman–Crippen MR) is 90.6 cm³/mol. The average molecular weight is 433 g/mol. The van der Waals surface area contributed by atoms with Gasteiger partial charge in [0, 0.05) is 6.20 Å². The van der Waals surface area contributed by atoms with E-state index in [0.717, 1.165) is 17.8 Å². The Balaban J connectivity index is 2.12. The number of nitrogens with zero attached hydrogens (tertiary/aromatic N) is 5.